The minimum atomic E-state index is -1.14. The molecule has 0 fully saturated rings. The van der Waals surface area contributed by atoms with Crippen molar-refractivity contribution in [1.82, 2.24) is 14.8 Å². The highest BCUT2D eigenvalue weighted by atomic mass is 32.2. The fourth-order valence-electron chi connectivity index (χ4n) is 1.75. The lowest BCUT2D eigenvalue weighted by atomic mass is 10.3. The molecule has 0 saturated heterocycles. The number of hydrogen-bond acceptors (Lipinski definition) is 6. The summed E-state index contributed by atoms with van der Waals surface area (Å²) < 4.78 is 7.47. The van der Waals surface area contributed by atoms with Crippen LogP contribution in [0.2, 0.25) is 0 Å². The number of allylic oxidation sites excluding steroid dienone is 1. The van der Waals surface area contributed by atoms with Gasteiger partial charge in [-0.1, -0.05) is 42.1 Å². The molecule has 0 amide bonds. The van der Waals surface area contributed by atoms with Crippen molar-refractivity contribution in [3.63, 3.8) is 0 Å². The minimum Gasteiger partial charge on any atom is -0.549 e. The van der Waals surface area contributed by atoms with Gasteiger partial charge in [0.2, 0.25) is 0 Å². The van der Waals surface area contributed by atoms with Crippen LogP contribution >= 0.6 is 11.8 Å². The van der Waals surface area contributed by atoms with Gasteiger partial charge in [0.1, 0.15) is 12.4 Å². The summed E-state index contributed by atoms with van der Waals surface area (Å²) in [6.45, 7) is 6.51. The molecule has 1 aromatic heterocycles. The molecule has 0 N–H and O–H groups in total. The fraction of sp³-hybridized carbons (Fsp3) is 0.267. The molecule has 1 aromatic carbocycles. The van der Waals surface area contributed by atoms with Crippen LogP contribution in [0, 0.1) is 0 Å². The summed E-state index contributed by atoms with van der Waals surface area (Å²) in [7, 11) is 0. The fourth-order valence-corrected chi connectivity index (χ4v) is 2.42. The molecule has 0 atom stereocenters. The highest BCUT2D eigenvalue weighted by molar-refractivity contribution is 7.99. The van der Waals surface area contributed by atoms with Crippen LogP contribution in [0.4, 0.5) is 0 Å². The predicted octanol–water partition coefficient (Wildman–Crippen LogP) is 1.28. The van der Waals surface area contributed by atoms with E-state index in [1.54, 1.807) is 4.57 Å². The van der Waals surface area contributed by atoms with Gasteiger partial charge < -0.3 is 14.6 Å². The Bertz CT molecular complexity index is 655. The van der Waals surface area contributed by atoms with Crippen LogP contribution in [-0.4, -0.2) is 26.5 Å². The third-order valence-electron chi connectivity index (χ3n) is 2.65. The van der Waals surface area contributed by atoms with Crippen molar-refractivity contribution in [1.29, 1.82) is 0 Å². The van der Waals surface area contributed by atoms with Crippen molar-refractivity contribution in [2.45, 2.75) is 25.2 Å². The topological polar surface area (TPSA) is 80.1 Å². The van der Waals surface area contributed by atoms with Gasteiger partial charge in [-0.15, -0.1) is 10.2 Å². The van der Waals surface area contributed by atoms with Crippen LogP contribution in [0.15, 0.2) is 47.6 Å². The Morgan fingerprint density at radius 1 is 1.36 bits per heavy atom. The van der Waals surface area contributed by atoms with Crippen LogP contribution in [0.1, 0.15) is 12.7 Å². The van der Waals surface area contributed by atoms with Crippen LogP contribution in [0.25, 0.3) is 0 Å². The summed E-state index contributed by atoms with van der Waals surface area (Å²) in [5, 5.41) is 19.2. The molecule has 2 aromatic rings. The van der Waals surface area contributed by atoms with E-state index in [0.717, 1.165) is 23.1 Å². The van der Waals surface area contributed by atoms with E-state index in [1.807, 2.05) is 37.3 Å². The third kappa shape index (κ3) is 4.63. The molecular formula is C15H16N3O3S-. The van der Waals surface area contributed by atoms with Crippen molar-refractivity contribution in [2.75, 3.05) is 5.75 Å². The first kappa shape index (κ1) is 16.1. The van der Waals surface area contributed by atoms with Crippen molar-refractivity contribution < 1.29 is 14.6 Å². The molecule has 6 nitrogen and oxygen atoms in total. The van der Waals surface area contributed by atoms with E-state index in [0.29, 0.717) is 17.5 Å². The second kappa shape index (κ2) is 7.65. The van der Waals surface area contributed by atoms with E-state index < -0.39 is 5.97 Å². The minimum absolute atomic E-state index is 0.173. The van der Waals surface area contributed by atoms with Crippen LogP contribution in [0.3, 0.4) is 0 Å². The number of rotatable bonds is 8. The number of carboxylic acid groups (broad SMARTS) is 1. The first-order valence-electron chi connectivity index (χ1n) is 6.63. The second-order valence-corrected chi connectivity index (χ2v) is 5.65. The SMILES string of the molecule is C=C(C)Cn1c(COc2ccccc2)nnc1SCC(=O)[O-]. The van der Waals surface area contributed by atoms with Gasteiger partial charge in [0.15, 0.2) is 11.0 Å². The van der Waals surface area contributed by atoms with Gasteiger partial charge in [0.25, 0.3) is 0 Å². The summed E-state index contributed by atoms with van der Waals surface area (Å²) in [4.78, 5) is 10.6. The molecule has 0 spiro atoms. The van der Waals surface area contributed by atoms with E-state index in [2.05, 4.69) is 16.8 Å². The average molecular weight is 318 g/mol. The number of para-hydroxylation sites is 1. The Labute approximate surface area is 132 Å². The molecular weight excluding hydrogens is 302 g/mol. The summed E-state index contributed by atoms with van der Waals surface area (Å²) >= 11 is 1.07. The van der Waals surface area contributed by atoms with Gasteiger partial charge in [-0.25, -0.2) is 0 Å². The zero-order valence-corrected chi connectivity index (χ0v) is 13.0. The second-order valence-electron chi connectivity index (χ2n) is 4.70. The summed E-state index contributed by atoms with van der Waals surface area (Å²) in [5.74, 6) is 0.0365. The van der Waals surface area contributed by atoms with Gasteiger partial charge in [0, 0.05) is 12.3 Å². The molecule has 0 saturated carbocycles. The maximum atomic E-state index is 10.6. The zero-order chi connectivity index (χ0) is 15.9. The first-order valence-corrected chi connectivity index (χ1v) is 7.61. The largest absolute Gasteiger partial charge is 0.549 e. The molecule has 7 heteroatoms. The van der Waals surface area contributed by atoms with E-state index in [1.165, 1.54) is 0 Å². The number of carboxylic acids is 1. The molecule has 1 heterocycles. The number of benzene rings is 1. The monoisotopic (exact) mass is 318 g/mol. The maximum Gasteiger partial charge on any atom is 0.191 e. The van der Waals surface area contributed by atoms with Crippen molar-refractivity contribution >= 4 is 17.7 Å². The Hall–Kier alpha value is -2.28. The van der Waals surface area contributed by atoms with Gasteiger partial charge >= 0.3 is 0 Å². The molecule has 0 bridgehead atoms. The quantitative estimate of drug-likeness (QED) is 0.539. The number of aliphatic carboxylic acids is 1. The van der Waals surface area contributed by atoms with Crippen molar-refractivity contribution in [3.05, 3.63) is 48.3 Å². The number of carbonyl (C=O) groups excluding carboxylic acids is 1. The molecule has 0 unspecified atom stereocenters. The third-order valence-corrected chi connectivity index (χ3v) is 3.59. The van der Waals surface area contributed by atoms with E-state index in [-0.39, 0.29) is 12.4 Å². The van der Waals surface area contributed by atoms with Gasteiger partial charge in [0.05, 0.1) is 5.97 Å². The van der Waals surface area contributed by atoms with E-state index >= 15 is 0 Å². The van der Waals surface area contributed by atoms with E-state index in [4.69, 9.17) is 4.74 Å². The first-order chi connectivity index (χ1) is 10.6. The maximum absolute atomic E-state index is 10.6. The van der Waals surface area contributed by atoms with Crippen LogP contribution in [-0.2, 0) is 17.9 Å². The zero-order valence-electron chi connectivity index (χ0n) is 12.2. The molecule has 0 radical (unpaired) electrons. The average Bonchev–Trinajstić information content (AvgIpc) is 2.85. The highest BCUT2D eigenvalue weighted by Gasteiger charge is 2.13. The number of aromatic nitrogens is 3. The molecule has 0 aliphatic rings. The van der Waals surface area contributed by atoms with Gasteiger partial charge in [-0.2, -0.15) is 0 Å². The Balaban J connectivity index is 2.11. The van der Waals surface area contributed by atoms with E-state index in [9.17, 15) is 9.90 Å². The molecule has 0 aliphatic heterocycles. The summed E-state index contributed by atoms with van der Waals surface area (Å²) in [5.41, 5.74) is 0.913. The Kier molecular flexibility index (Phi) is 5.60. The molecule has 2 rings (SSSR count). The normalized spacial score (nSPS) is 10.4. The summed E-state index contributed by atoms with van der Waals surface area (Å²) in [6, 6.07) is 9.38. The molecule has 22 heavy (non-hydrogen) atoms. The molecule has 116 valence electrons. The smallest absolute Gasteiger partial charge is 0.191 e. The molecule has 0 aliphatic carbocycles. The summed E-state index contributed by atoms with van der Waals surface area (Å²) in [6.07, 6.45) is 0. The van der Waals surface area contributed by atoms with Gasteiger partial charge in [-0.05, 0) is 19.1 Å². The number of carbonyl (C=O) groups is 1. The lowest BCUT2D eigenvalue weighted by Gasteiger charge is -2.11. The number of hydrogen-bond donors (Lipinski definition) is 0. The van der Waals surface area contributed by atoms with Crippen molar-refractivity contribution in [3.8, 4) is 5.75 Å². The predicted molar refractivity (Wildman–Crippen MR) is 81.3 cm³/mol. The number of nitrogens with zero attached hydrogens (tertiary/aromatic N) is 3. The number of thioether (sulfide) groups is 1. The number of ether oxygens (including phenoxy) is 1. The highest BCUT2D eigenvalue weighted by Crippen LogP contribution is 2.19. The Morgan fingerprint density at radius 2 is 2.09 bits per heavy atom. The lowest BCUT2D eigenvalue weighted by molar-refractivity contribution is -0.301. The van der Waals surface area contributed by atoms with Crippen LogP contribution < -0.4 is 9.84 Å². The lowest BCUT2D eigenvalue weighted by Crippen LogP contribution is -2.24. The standard InChI is InChI=1S/C15H17N3O3S/c1-11(2)8-18-13(9-21-12-6-4-3-5-7-12)16-17-15(18)22-10-14(19)20/h3-7H,1,8-10H2,2H3,(H,19,20)/p-1. The Morgan fingerprint density at radius 3 is 2.73 bits per heavy atom. The van der Waals surface area contributed by atoms with Crippen LogP contribution in [0.5, 0.6) is 5.75 Å². The van der Waals surface area contributed by atoms with Gasteiger partial charge in [-0.3, -0.25) is 4.57 Å². The van der Waals surface area contributed by atoms with Crippen molar-refractivity contribution in [2.24, 2.45) is 0 Å².